The first-order valence-electron chi connectivity index (χ1n) is 7.39. The molecule has 0 saturated heterocycles. The molecule has 0 spiro atoms. The van der Waals surface area contributed by atoms with Crippen LogP contribution in [0.25, 0.3) is 16.9 Å². The summed E-state index contributed by atoms with van der Waals surface area (Å²) in [4.78, 5) is 23.5. The Balaban J connectivity index is 2.12. The zero-order valence-corrected chi connectivity index (χ0v) is 14.7. The largest absolute Gasteiger partial charge is 0.326 e. The SMILES string of the molecule is CC(=O)Nc1ccc(-c2nn(-c3ccccc3)c(=O)c(Cl)c2Cl)cc1. The van der Waals surface area contributed by atoms with Gasteiger partial charge in [0.05, 0.1) is 10.7 Å². The molecule has 5 nitrogen and oxygen atoms in total. The first-order valence-corrected chi connectivity index (χ1v) is 8.15. The second-order valence-corrected chi connectivity index (χ2v) is 6.04. The molecule has 1 aromatic heterocycles. The molecule has 3 aromatic rings. The van der Waals surface area contributed by atoms with E-state index in [-0.39, 0.29) is 16.0 Å². The maximum atomic E-state index is 12.4. The summed E-state index contributed by atoms with van der Waals surface area (Å²) in [7, 11) is 0. The van der Waals surface area contributed by atoms with Gasteiger partial charge in [0.25, 0.3) is 5.56 Å². The third kappa shape index (κ3) is 3.57. The predicted octanol–water partition coefficient (Wildman–Crippen LogP) is 4.16. The molecule has 0 saturated carbocycles. The van der Waals surface area contributed by atoms with Crippen molar-refractivity contribution in [3.8, 4) is 16.9 Å². The summed E-state index contributed by atoms with van der Waals surface area (Å²) in [6.45, 7) is 1.43. The number of rotatable bonds is 3. The number of halogens is 2. The molecule has 1 N–H and O–H groups in total. The number of carbonyl (C=O) groups is 1. The summed E-state index contributed by atoms with van der Waals surface area (Å²) < 4.78 is 1.21. The van der Waals surface area contributed by atoms with Gasteiger partial charge >= 0.3 is 0 Å². The average molecular weight is 374 g/mol. The summed E-state index contributed by atoms with van der Waals surface area (Å²) in [6.07, 6.45) is 0. The molecule has 0 unspecified atom stereocenters. The highest BCUT2D eigenvalue weighted by Crippen LogP contribution is 2.30. The zero-order chi connectivity index (χ0) is 18.0. The molecule has 0 aliphatic heterocycles. The van der Waals surface area contributed by atoms with Crippen LogP contribution in [0.15, 0.2) is 59.4 Å². The summed E-state index contributed by atoms with van der Waals surface area (Å²) in [5.74, 6) is -0.162. The minimum absolute atomic E-state index is 0.0890. The number of nitrogens with zero attached hydrogens (tertiary/aromatic N) is 2. The van der Waals surface area contributed by atoms with Gasteiger partial charge in [-0.25, -0.2) is 0 Å². The third-order valence-electron chi connectivity index (χ3n) is 3.46. The topological polar surface area (TPSA) is 64.0 Å². The van der Waals surface area contributed by atoms with Crippen molar-refractivity contribution in [3.05, 3.63) is 75.0 Å². The molecular weight excluding hydrogens is 361 g/mol. The number of nitrogens with one attached hydrogen (secondary N) is 1. The van der Waals surface area contributed by atoms with Crippen LogP contribution < -0.4 is 10.9 Å². The predicted molar refractivity (Wildman–Crippen MR) is 99.6 cm³/mol. The third-order valence-corrected chi connectivity index (χ3v) is 4.28. The van der Waals surface area contributed by atoms with E-state index in [1.807, 2.05) is 6.07 Å². The number of hydrogen-bond acceptors (Lipinski definition) is 3. The molecule has 3 rings (SSSR count). The Morgan fingerprint density at radius 2 is 1.64 bits per heavy atom. The smallest absolute Gasteiger partial charge is 0.291 e. The van der Waals surface area contributed by atoms with Crippen molar-refractivity contribution in [2.75, 3.05) is 5.32 Å². The van der Waals surface area contributed by atoms with Crippen LogP contribution in [0, 0.1) is 0 Å². The lowest BCUT2D eigenvalue weighted by atomic mass is 10.1. The number of carbonyl (C=O) groups excluding carboxylic acids is 1. The van der Waals surface area contributed by atoms with E-state index in [1.54, 1.807) is 48.5 Å². The summed E-state index contributed by atoms with van der Waals surface area (Å²) in [5.41, 5.74) is 1.80. The minimum atomic E-state index is -0.489. The Morgan fingerprint density at radius 3 is 2.24 bits per heavy atom. The van der Waals surface area contributed by atoms with E-state index in [0.29, 0.717) is 22.6 Å². The van der Waals surface area contributed by atoms with Crippen molar-refractivity contribution in [2.24, 2.45) is 0 Å². The summed E-state index contributed by atoms with van der Waals surface area (Å²) >= 11 is 12.4. The standard InChI is InChI=1S/C18H13Cl2N3O2/c1-11(24)21-13-9-7-12(8-10-13)17-15(19)16(20)18(25)23(22-17)14-5-3-2-4-6-14/h2-10H,1H3,(H,21,24). The average Bonchev–Trinajstić information content (AvgIpc) is 2.61. The van der Waals surface area contributed by atoms with Crippen molar-refractivity contribution in [1.82, 2.24) is 9.78 Å². The fourth-order valence-electron chi connectivity index (χ4n) is 2.32. The van der Waals surface area contributed by atoms with E-state index in [2.05, 4.69) is 10.4 Å². The van der Waals surface area contributed by atoms with Gasteiger partial charge in [0.2, 0.25) is 5.91 Å². The molecule has 0 bridgehead atoms. The number of aromatic nitrogens is 2. The summed E-state index contributed by atoms with van der Waals surface area (Å²) in [6, 6.07) is 15.9. The molecule has 1 amide bonds. The van der Waals surface area contributed by atoms with Gasteiger partial charge in [-0.2, -0.15) is 9.78 Å². The molecule has 1 heterocycles. The van der Waals surface area contributed by atoms with Gasteiger partial charge in [-0.1, -0.05) is 53.5 Å². The number of para-hydroxylation sites is 1. The van der Waals surface area contributed by atoms with Crippen molar-refractivity contribution in [1.29, 1.82) is 0 Å². The van der Waals surface area contributed by atoms with Crippen LogP contribution in [0.1, 0.15) is 6.92 Å². The van der Waals surface area contributed by atoms with Crippen LogP contribution in [-0.2, 0) is 4.79 Å². The molecular formula is C18H13Cl2N3O2. The molecule has 2 aromatic carbocycles. The molecule has 25 heavy (non-hydrogen) atoms. The van der Waals surface area contributed by atoms with Crippen molar-refractivity contribution in [3.63, 3.8) is 0 Å². The lowest BCUT2D eigenvalue weighted by Crippen LogP contribution is -2.22. The van der Waals surface area contributed by atoms with Gasteiger partial charge < -0.3 is 5.32 Å². The zero-order valence-electron chi connectivity index (χ0n) is 13.2. The van der Waals surface area contributed by atoms with E-state index in [9.17, 15) is 9.59 Å². The summed E-state index contributed by atoms with van der Waals surface area (Å²) in [5, 5.41) is 7.04. The fraction of sp³-hybridized carbons (Fsp3) is 0.0556. The highest BCUT2D eigenvalue weighted by molar-refractivity contribution is 6.43. The monoisotopic (exact) mass is 373 g/mol. The van der Waals surface area contributed by atoms with Gasteiger partial charge in [0.1, 0.15) is 10.7 Å². The van der Waals surface area contributed by atoms with Crippen LogP contribution in [0.5, 0.6) is 0 Å². The van der Waals surface area contributed by atoms with Gasteiger partial charge in [-0.05, 0) is 24.3 Å². The Kier molecular flexibility index (Phi) is 4.88. The normalized spacial score (nSPS) is 10.5. The minimum Gasteiger partial charge on any atom is -0.326 e. The molecule has 0 aliphatic carbocycles. The molecule has 0 aliphatic rings. The Labute approximate surface area is 153 Å². The number of hydrogen-bond donors (Lipinski definition) is 1. The van der Waals surface area contributed by atoms with E-state index < -0.39 is 5.56 Å². The highest BCUT2D eigenvalue weighted by Gasteiger charge is 2.16. The van der Waals surface area contributed by atoms with Gasteiger partial charge in [0.15, 0.2) is 0 Å². The van der Waals surface area contributed by atoms with E-state index in [4.69, 9.17) is 23.2 Å². The van der Waals surface area contributed by atoms with Crippen molar-refractivity contribution >= 4 is 34.8 Å². The molecule has 126 valence electrons. The van der Waals surface area contributed by atoms with Crippen LogP contribution in [0.3, 0.4) is 0 Å². The fourth-order valence-corrected chi connectivity index (χ4v) is 2.72. The number of amides is 1. The Bertz CT molecular complexity index is 984. The molecule has 0 fully saturated rings. The second-order valence-electron chi connectivity index (χ2n) is 5.29. The number of benzene rings is 2. The van der Waals surface area contributed by atoms with Gasteiger partial charge in [-0.15, -0.1) is 0 Å². The van der Waals surface area contributed by atoms with E-state index >= 15 is 0 Å². The Hall–Kier alpha value is -2.63. The maximum absolute atomic E-state index is 12.4. The number of anilines is 1. The highest BCUT2D eigenvalue weighted by atomic mass is 35.5. The van der Waals surface area contributed by atoms with Gasteiger partial charge in [-0.3, -0.25) is 9.59 Å². The first kappa shape index (κ1) is 17.2. The van der Waals surface area contributed by atoms with Crippen molar-refractivity contribution in [2.45, 2.75) is 6.92 Å². The van der Waals surface area contributed by atoms with Crippen LogP contribution >= 0.6 is 23.2 Å². The van der Waals surface area contributed by atoms with Crippen molar-refractivity contribution < 1.29 is 4.79 Å². The van der Waals surface area contributed by atoms with Gasteiger partial charge in [0, 0.05) is 18.2 Å². The lowest BCUT2D eigenvalue weighted by molar-refractivity contribution is -0.114. The Morgan fingerprint density at radius 1 is 1.00 bits per heavy atom. The van der Waals surface area contributed by atoms with Crippen LogP contribution in [0.2, 0.25) is 10.0 Å². The molecule has 7 heteroatoms. The molecule has 0 radical (unpaired) electrons. The van der Waals surface area contributed by atoms with Crippen LogP contribution in [-0.4, -0.2) is 15.7 Å². The quantitative estimate of drug-likeness (QED) is 0.749. The first-order chi connectivity index (χ1) is 12.0. The second kappa shape index (κ2) is 7.09. The maximum Gasteiger partial charge on any atom is 0.291 e. The van der Waals surface area contributed by atoms with Crippen LogP contribution in [0.4, 0.5) is 5.69 Å². The lowest BCUT2D eigenvalue weighted by Gasteiger charge is -2.11. The van der Waals surface area contributed by atoms with E-state index in [0.717, 1.165) is 0 Å². The van der Waals surface area contributed by atoms with E-state index in [1.165, 1.54) is 11.6 Å². The molecule has 0 atom stereocenters.